The number of likely N-dealkylation sites (N-methyl/N-ethyl adjacent to an activating group) is 1. The molecule has 1 saturated heterocycles. The predicted molar refractivity (Wildman–Crippen MR) is 137 cm³/mol. The van der Waals surface area contributed by atoms with Crippen molar-refractivity contribution in [1.29, 1.82) is 0 Å². The van der Waals surface area contributed by atoms with E-state index >= 15 is 0 Å². The number of nitrogens with zero attached hydrogens (tertiary/aromatic N) is 2. The van der Waals surface area contributed by atoms with Crippen molar-refractivity contribution in [3.05, 3.63) is 63.4 Å². The second kappa shape index (κ2) is 10.2. The fourth-order valence-corrected chi connectivity index (χ4v) is 5.04. The van der Waals surface area contributed by atoms with E-state index < -0.39 is 0 Å². The molecule has 2 N–H and O–H groups in total. The third-order valence-electron chi connectivity index (χ3n) is 6.68. The number of amides is 2. The zero-order valence-corrected chi connectivity index (χ0v) is 20.4. The van der Waals surface area contributed by atoms with Crippen molar-refractivity contribution < 1.29 is 14.3 Å². The van der Waals surface area contributed by atoms with Crippen LogP contribution in [0.25, 0.3) is 10.9 Å². The van der Waals surface area contributed by atoms with Crippen molar-refractivity contribution in [3.8, 4) is 11.5 Å². The van der Waals surface area contributed by atoms with Crippen molar-refractivity contribution >= 4 is 34.2 Å². The van der Waals surface area contributed by atoms with Gasteiger partial charge in [-0.1, -0.05) is 30.7 Å². The van der Waals surface area contributed by atoms with Crippen molar-refractivity contribution in [2.75, 3.05) is 38.2 Å². The quantitative estimate of drug-likeness (QED) is 0.525. The third-order valence-corrected chi connectivity index (χ3v) is 7.01. The molecule has 0 radical (unpaired) electrons. The summed E-state index contributed by atoms with van der Waals surface area (Å²) in [7, 11) is 0. The van der Waals surface area contributed by atoms with E-state index in [-0.39, 0.29) is 24.2 Å². The number of anilines is 1. The van der Waals surface area contributed by atoms with Gasteiger partial charge in [0.05, 0.1) is 22.8 Å². The van der Waals surface area contributed by atoms with Crippen LogP contribution in [0.3, 0.4) is 0 Å². The Morgan fingerprint density at radius 1 is 1.20 bits per heavy atom. The van der Waals surface area contributed by atoms with Crippen LogP contribution in [-0.4, -0.2) is 59.7 Å². The van der Waals surface area contributed by atoms with E-state index in [9.17, 15) is 9.59 Å². The second-order valence-electron chi connectivity index (χ2n) is 8.92. The van der Waals surface area contributed by atoms with Crippen molar-refractivity contribution in [2.45, 2.75) is 32.4 Å². The Bertz CT molecular complexity index is 1290. The first kappa shape index (κ1) is 23.5. The number of ether oxygens (including phenoxy) is 2. The molecule has 1 atom stereocenters. The molecule has 1 aromatic heterocycles. The molecule has 2 amide bonds. The first-order chi connectivity index (χ1) is 17.0. The van der Waals surface area contributed by atoms with E-state index in [0.717, 1.165) is 31.3 Å². The van der Waals surface area contributed by atoms with Crippen LogP contribution in [-0.2, 0) is 6.54 Å². The van der Waals surface area contributed by atoms with Gasteiger partial charge in [-0.2, -0.15) is 0 Å². The summed E-state index contributed by atoms with van der Waals surface area (Å²) in [5.41, 5.74) is 1.48. The van der Waals surface area contributed by atoms with E-state index in [2.05, 4.69) is 22.1 Å². The summed E-state index contributed by atoms with van der Waals surface area (Å²) in [5.74, 6) is 1.27. The fourth-order valence-electron chi connectivity index (χ4n) is 4.86. The van der Waals surface area contributed by atoms with Crippen LogP contribution in [0.4, 0.5) is 10.5 Å². The van der Waals surface area contributed by atoms with Crippen LogP contribution >= 0.6 is 11.6 Å². The maximum Gasteiger partial charge on any atom is 0.322 e. The molecule has 184 valence electrons. The normalized spacial score (nSPS) is 17.5. The number of likely N-dealkylation sites (tertiary alicyclic amines) is 1. The number of hydrogen-bond acceptors (Lipinski definition) is 5. The largest absolute Gasteiger partial charge is 0.486 e. The molecule has 0 spiro atoms. The zero-order chi connectivity index (χ0) is 24.4. The first-order valence-corrected chi connectivity index (χ1v) is 12.4. The number of benzene rings is 2. The minimum Gasteiger partial charge on any atom is -0.486 e. The van der Waals surface area contributed by atoms with Crippen LogP contribution < -0.4 is 20.3 Å². The second-order valence-corrected chi connectivity index (χ2v) is 9.33. The van der Waals surface area contributed by atoms with E-state index in [1.165, 1.54) is 0 Å². The topological polar surface area (TPSA) is 86.9 Å². The zero-order valence-electron chi connectivity index (χ0n) is 19.7. The lowest BCUT2D eigenvalue weighted by molar-refractivity contribution is 0.172. The average Bonchev–Trinajstić information content (AvgIpc) is 3.31. The Morgan fingerprint density at radius 3 is 2.74 bits per heavy atom. The van der Waals surface area contributed by atoms with Crippen LogP contribution in [0.2, 0.25) is 5.02 Å². The highest BCUT2D eigenvalue weighted by molar-refractivity contribution is 6.33. The van der Waals surface area contributed by atoms with Crippen molar-refractivity contribution in [1.82, 2.24) is 14.8 Å². The molecule has 3 heterocycles. The highest BCUT2D eigenvalue weighted by Gasteiger charge is 2.28. The molecular weight excluding hydrogens is 468 g/mol. The lowest BCUT2D eigenvalue weighted by Crippen LogP contribution is -2.45. The Hall–Kier alpha value is -3.23. The summed E-state index contributed by atoms with van der Waals surface area (Å²) in [5, 5.41) is 4.21. The molecule has 3 aromatic rings. The van der Waals surface area contributed by atoms with E-state index in [4.69, 9.17) is 21.1 Å². The Kier molecular flexibility index (Phi) is 6.83. The standard InChI is InChI=1S/C26H29ClN4O4/c1-2-30-9-5-6-19(30)16-31(26(33)29-21-8-4-3-7-20(21)27)15-18-12-17-13-23-24(35-11-10-34-23)14-22(17)28-25(18)32/h3-4,7-8,12-14,19H,2,5-6,9-11,15-16H2,1H3,(H,28,32)(H,29,33)/t19-/m0/s1. The molecule has 8 nitrogen and oxygen atoms in total. The van der Waals surface area contributed by atoms with Gasteiger partial charge >= 0.3 is 6.03 Å². The Balaban J connectivity index is 1.45. The SMILES string of the molecule is CCN1CCC[C@H]1CN(Cc1cc2cc3c(cc2[nH]c1=O)OCCO3)C(=O)Nc1ccccc1Cl. The van der Waals surface area contributed by atoms with Gasteiger partial charge in [0.1, 0.15) is 13.2 Å². The van der Waals surface area contributed by atoms with Crippen LogP contribution in [0, 0.1) is 0 Å². The minimum atomic E-state index is -0.289. The summed E-state index contributed by atoms with van der Waals surface area (Å²) in [6.45, 7) is 5.73. The van der Waals surface area contributed by atoms with Gasteiger partial charge in [-0.3, -0.25) is 9.69 Å². The highest BCUT2D eigenvalue weighted by Crippen LogP contribution is 2.34. The number of pyridine rings is 1. The molecule has 2 aliphatic heterocycles. The van der Waals surface area contributed by atoms with E-state index in [1.54, 1.807) is 23.1 Å². The van der Waals surface area contributed by atoms with Crippen molar-refractivity contribution in [3.63, 3.8) is 0 Å². The monoisotopic (exact) mass is 496 g/mol. The van der Waals surface area contributed by atoms with Gasteiger partial charge in [0.15, 0.2) is 11.5 Å². The smallest absolute Gasteiger partial charge is 0.322 e. The first-order valence-electron chi connectivity index (χ1n) is 12.0. The van der Waals surface area contributed by atoms with Crippen LogP contribution in [0.15, 0.2) is 47.3 Å². The number of rotatable bonds is 6. The summed E-state index contributed by atoms with van der Waals surface area (Å²) >= 11 is 6.28. The summed E-state index contributed by atoms with van der Waals surface area (Å²) < 4.78 is 11.3. The molecule has 0 unspecified atom stereocenters. The van der Waals surface area contributed by atoms with Crippen molar-refractivity contribution in [2.24, 2.45) is 0 Å². The lowest BCUT2D eigenvalue weighted by Gasteiger charge is -2.30. The van der Waals surface area contributed by atoms with Gasteiger partial charge in [-0.15, -0.1) is 0 Å². The molecule has 0 bridgehead atoms. The Morgan fingerprint density at radius 2 is 1.97 bits per heavy atom. The fraction of sp³-hybridized carbons (Fsp3) is 0.385. The molecule has 0 aliphatic carbocycles. The number of aromatic amines is 1. The number of urea groups is 1. The van der Waals surface area contributed by atoms with Crippen LogP contribution in [0.5, 0.6) is 11.5 Å². The van der Waals surface area contributed by atoms with E-state index in [0.29, 0.717) is 53.0 Å². The van der Waals surface area contributed by atoms with Crippen LogP contribution in [0.1, 0.15) is 25.3 Å². The van der Waals surface area contributed by atoms with Gasteiger partial charge in [0.2, 0.25) is 0 Å². The highest BCUT2D eigenvalue weighted by atomic mass is 35.5. The summed E-state index contributed by atoms with van der Waals surface area (Å²) in [4.78, 5) is 33.4. The number of hydrogen-bond donors (Lipinski definition) is 2. The van der Waals surface area contributed by atoms with Gasteiger partial charge < -0.3 is 24.7 Å². The maximum absolute atomic E-state index is 13.4. The molecular formula is C26H29ClN4O4. The lowest BCUT2D eigenvalue weighted by atomic mass is 10.1. The number of para-hydroxylation sites is 1. The molecule has 1 fully saturated rings. The molecule has 5 rings (SSSR count). The number of halogens is 1. The van der Waals surface area contributed by atoms with Gasteiger partial charge in [0, 0.05) is 29.6 Å². The molecule has 0 saturated carbocycles. The number of aromatic nitrogens is 1. The number of carbonyl (C=O) groups excluding carboxylic acids is 1. The predicted octanol–water partition coefficient (Wildman–Crippen LogP) is 4.47. The number of H-pyrrole nitrogens is 1. The minimum absolute atomic E-state index is 0.171. The van der Waals surface area contributed by atoms with E-state index in [1.807, 2.05) is 24.3 Å². The molecule has 9 heteroatoms. The molecule has 2 aliphatic rings. The number of carbonyl (C=O) groups is 1. The molecule has 2 aromatic carbocycles. The molecule has 35 heavy (non-hydrogen) atoms. The maximum atomic E-state index is 13.4. The summed E-state index contributed by atoms with van der Waals surface area (Å²) in [6, 6.07) is 12.6. The number of fused-ring (bicyclic) bond motifs is 2. The third kappa shape index (κ3) is 5.09. The average molecular weight is 497 g/mol. The number of nitrogens with one attached hydrogen (secondary N) is 2. The summed E-state index contributed by atoms with van der Waals surface area (Å²) in [6.07, 6.45) is 2.11. The van der Waals surface area contributed by atoms with Gasteiger partial charge in [-0.05, 0) is 50.2 Å². The van der Waals surface area contributed by atoms with Gasteiger partial charge in [-0.25, -0.2) is 4.79 Å². The Labute approximate surface area is 208 Å². The van der Waals surface area contributed by atoms with Gasteiger partial charge in [0.25, 0.3) is 5.56 Å².